The van der Waals surface area contributed by atoms with Crippen LogP contribution in [0.15, 0.2) is 200 Å². The van der Waals surface area contributed by atoms with Crippen molar-refractivity contribution < 1.29 is 0 Å². The fourth-order valence-electron chi connectivity index (χ4n) is 9.52. The van der Waals surface area contributed by atoms with Crippen molar-refractivity contribution in [3.05, 3.63) is 234 Å². The number of fused-ring (bicyclic) bond motifs is 6. The summed E-state index contributed by atoms with van der Waals surface area (Å²) in [6.45, 7) is 4.52. The normalized spacial score (nSPS) is 12.8. The third kappa shape index (κ3) is 5.38. The van der Waals surface area contributed by atoms with E-state index >= 15 is 0 Å². The van der Waals surface area contributed by atoms with Gasteiger partial charge < -0.3 is 4.90 Å². The van der Waals surface area contributed by atoms with E-state index in [0.29, 0.717) is 0 Å². The first kappa shape index (κ1) is 33.8. The molecule has 0 amide bonds. The Labute approximate surface area is 330 Å². The van der Waals surface area contributed by atoms with E-state index in [1.165, 1.54) is 77.2 Å². The predicted molar refractivity (Wildman–Crippen MR) is 238 cm³/mol. The third-order valence-electron chi connectivity index (χ3n) is 12.0. The molecule has 56 heavy (non-hydrogen) atoms. The van der Waals surface area contributed by atoms with E-state index in [2.05, 4.69) is 219 Å². The second-order valence-corrected chi connectivity index (χ2v) is 15.2. The van der Waals surface area contributed by atoms with Gasteiger partial charge in [-0.3, -0.25) is 0 Å². The van der Waals surface area contributed by atoms with E-state index in [0.717, 1.165) is 29.9 Å². The van der Waals surface area contributed by atoms with Crippen LogP contribution < -0.4 is 4.90 Å². The first-order valence-corrected chi connectivity index (χ1v) is 19.9. The molecule has 10 rings (SSSR count). The lowest BCUT2D eigenvalue weighted by Crippen LogP contribution is -2.29. The number of anilines is 3. The Balaban J connectivity index is 1.24. The second-order valence-electron chi connectivity index (χ2n) is 15.2. The van der Waals surface area contributed by atoms with E-state index in [1.807, 2.05) is 0 Å². The van der Waals surface area contributed by atoms with E-state index in [1.54, 1.807) is 0 Å². The lowest BCUT2D eigenvalue weighted by molar-refractivity contribution is 0.775. The number of hydrogen-bond donors (Lipinski definition) is 0. The summed E-state index contributed by atoms with van der Waals surface area (Å²) in [6, 6.07) is 74.5. The van der Waals surface area contributed by atoms with E-state index in [9.17, 15) is 0 Å². The average molecular weight is 718 g/mol. The summed E-state index contributed by atoms with van der Waals surface area (Å²) in [4.78, 5) is 2.46. The highest BCUT2D eigenvalue weighted by Gasteiger charge is 2.47. The quantitative estimate of drug-likeness (QED) is 0.151. The second kappa shape index (κ2) is 13.9. The Morgan fingerprint density at radius 2 is 0.982 bits per heavy atom. The van der Waals surface area contributed by atoms with Gasteiger partial charge in [0.25, 0.3) is 0 Å². The summed E-state index contributed by atoms with van der Waals surface area (Å²) >= 11 is 0. The Hall–Kier alpha value is -6.70. The molecule has 0 radical (unpaired) electrons. The lowest BCUT2D eigenvalue weighted by Gasteiger charge is -2.35. The van der Waals surface area contributed by atoms with Crippen molar-refractivity contribution in [3.8, 4) is 22.3 Å². The van der Waals surface area contributed by atoms with Crippen LogP contribution in [0.5, 0.6) is 0 Å². The molecule has 9 aromatic carbocycles. The maximum atomic E-state index is 2.49. The fraction of sp³-hybridized carbons (Fsp3) is 0.0909. The SMILES string of the molecule is CCCc1ccccc1-c1ccc(N(c2ccc3c(c2)C(c2ccccc2)(c2ccccc2)c2c-3ccc3ccccc23)c2ccc3ccccc3c2)cc1C. The largest absolute Gasteiger partial charge is 0.310 e. The smallest absolute Gasteiger partial charge is 0.0720 e. The van der Waals surface area contributed by atoms with Crippen LogP contribution in [0.1, 0.15) is 46.7 Å². The minimum Gasteiger partial charge on any atom is -0.310 e. The topological polar surface area (TPSA) is 3.24 Å². The van der Waals surface area contributed by atoms with Gasteiger partial charge in [-0.1, -0.05) is 177 Å². The molecule has 1 nitrogen and oxygen atoms in total. The monoisotopic (exact) mass is 717 g/mol. The van der Waals surface area contributed by atoms with Gasteiger partial charge in [-0.05, 0) is 127 Å². The van der Waals surface area contributed by atoms with E-state index in [-0.39, 0.29) is 0 Å². The highest BCUT2D eigenvalue weighted by Crippen LogP contribution is 2.59. The van der Waals surface area contributed by atoms with Gasteiger partial charge in [0, 0.05) is 17.1 Å². The molecular formula is C55H43N. The van der Waals surface area contributed by atoms with Crippen LogP contribution >= 0.6 is 0 Å². The van der Waals surface area contributed by atoms with Crippen LogP contribution in [0.25, 0.3) is 43.8 Å². The molecule has 0 heterocycles. The molecule has 0 bridgehead atoms. The van der Waals surface area contributed by atoms with Crippen LogP contribution in [0.2, 0.25) is 0 Å². The number of nitrogens with zero attached hydrogens (tertiary/aromatic N) is 1. The maximum absolute atomic E-state index is 2.49. The van der Waals surface area contributed by atoms with Crippen LogP contribution in [0, 0.1) is 6.92 Å². The molecule has 0 N–H and O–H groups in total. The molecule has 0 unspecified atom stereocenters. The van der Waals surface area contributed by atoms with Gasteiger partial charge >= 0.3 is 0 Å². The zero-order valence-corrected chi connectivity index (χ0v) is 31.9. The van der Waals surface area contributed by atoms with Crippen molar-refractivity contribution >= 4 is 38.6 Å². The van der Waals surface area contributed by atoms with Gasteiger partial charge in [0.05, 0.1) is 5.41 Å². The maximum Gasteiger partial charge on any atom is 0.0720 e. The molecule has 1 aliphatic rings. The third-order valence-corrected chi connectivity index (χ3v) is 12.0. The van der Waals surface area contributed by atoms with Crippen LogP contribution in [-0.4, -0.2) is 0 Å². The molecule has 9 aromatic rings. The molecule has 0 saturated carbocycles. The zero-order valence-electron chi connectivity index (χ0n) is 31.9. The Kier molecular flexibility index (Phi) is 8.37. The van der Waals surface area contributed by atoms with Crippen molar-refractivity contribution in [2.75, 3.05) is 4.90 Å². The van der Waals surface area contributed by atoms with Crippen molar-refractivity contribution in [1.82, 2.24) is 0 Å². The minimum absolute atomic E-state index is 0.540. The molecule has 0 saturated heterocycles. The van der Waals surface area contributed by atoms with E-state index in [4.69, 9.17) is 0 Å². The van der Waals surface area contributed by atoms with Crippen molar-refractivity contribution in [3.63, 3.8) is 0 Å². The summed E-state index contributed by atoms with van der Waals surface area (Å²) < 4.78 is 0. The van der Waals surface area contributed by atoms with Gasteiger partial charge in [-0.25, -0.2) is 0 Å². The summed E-state index contributed by atoms with van der Waals surface area (Å²) in [5, 5.41) is 5.00. The molecule has 0 fully saturated rings. The standard InChI is InChI=1S/C55H43N/c1-3-16-40-18-12-14-25-49(40)48-33-30-45(35-38(48)2)56(46-29-27-39-17-10-11-20-42(39)36-46)47-31-34-51-52-32-28-41-19-13-15-26-50(41)54(52)55(53(51)37-47,43-21-6-4-7-22-43)44-23-8-5-9-24-44/h4-15,17-37H,3,16H2,1-2H3. The van der Waals surface area contributed by atoms with Gasteiger partial charge in [-0.2, -0.15) is 0 Å². The molecule has 0 aromatic heterocycles. The van der Waals surface area contributed by atoms with Gasteiger partial charge in [-0.15, -0.1) is 0 Å². The first-order valence-electron chi connectivity index (χ1n) is 19.9. The van der Waals surface area contributed by atoms with Crippen molar-refractivity contribution in [1.29, 1.82) is 0 Å². The van der Waals surface area contributed by atoms with Crippen molar-refractivity contribution in [2.24, 2.45) is 0 Å². The number of hydrogen-bond acceptors (Lipinski definition) is 1. The van der Waals surface area contributed by atoms with Gasteiger partial charge in [0.1, 0.15) is 0 Å². The summed E-state index contributed by atoms with van der Waals surface area (Å²) in [7, 11) is 0. The highest BCUT2D eigenvalue weighted by molar-refractivity contribution is 6.01. The number of benzene rings is 9. The Bertz CT molecular complexity index is 2850. The van der Waals surface area contributed by atoms with Gasteiger partial charge in [0.15, 0.2) is 0 Å². The zero-order chi connectivity index (χ0) is 37.6. The average Bonchev–Trinajstić information content (AvgIpc) is 3.56. The molecule has 0 atom stereocenters. The Morgan fingerprint density at radius 1 is 0.429 bits per heavy atom. The van der Waals surface area contributed by atoms with Crippen LogP contribution in [0.4, 0.5) is 17.1 Å². The predicted octanol–water partition coefficient (Wildman–Crippen LogP) is 14.8. The molecule has 0 spiro atoms. The summed E-state index contributed by atoms with van der Waals surface area (Å²) in [5.74, 6) is 0. The molecular weight excluding hydrogens is 675 g/mol. The van der Waals surface area contributed by atoms with E-state index < -0.39 is 5.41 Å². The molecule has 1 heteroatoms. The first-order chi connectivity index (χ1) is 27.6. The number of aryl methyl sites for hydroxylation is 2. The lowest BCUT2D eigenvalue weighted by atomic mass is 9.66. The van der Waals surface area contributed by atoms with Crippen LogP contribution in [0.3, 0.4) is 0 Å². The highest BCUT2D eigenvalue weighted by atomic mass is 15.1. The molecule has 0 aliphatic heterocycles. The molecule has 268 valence electrons. The van der Waals surface area contributed by atoms with Crippen LogP contribution in [-0.2, 0) is 11.8 Å². The fourth-order valence-corrected chi connectivity index (χ4v) is 9.52. The Morgan fingerprint density at radius 3 is 1.71 bits per heavy atom. The summed E-state index contributed by atoms with van der Waals surface area (Å²) in [6.07, 6.45) is 2.19. The van der Waals surface area contributed by atoms with Crippen molar-refractivity contribution in [2.45, 2.75) is 32.1 Å². The minimum atomic E-state index is -0.540. The summed E-state index contributed by atoms with van der Waals surface area (Å²) in [5.41, 5.74) is 15.9. The van der Waals surface area contributed by atoms with Gasteiger partial charge in [0.2, 0.25) is 0 Å². The number of rotatable bonds is 8. The molecule has 1 aliphatic carbocycles.